The van der Waals surface area contributed by atoms with Crippen LogP contribution in [0.3, 0.4) is 0 Å². The van der Waals surface area contributed by atoms with Gasteiger partial charge in [-0.3, -0.25) is 4.79 Å². The van der Waals surface area contributed by atoms with Gasteiger partial charge in [0.15, 0.2) is 5.58 Å². The van der Waals surface area contributed by atoms with Crippen LogP contribution in [0.4, 0.5) is 5.69 Å². The van der Waals surface area contributed by atoms with Crippen LogP contribution in [0, 0.1) is 0 Å². The van der Waals surface area contributed by atoms with Crippen molar-refractivity contribution in [3.8, 4) is 17.2 Å². The average Bonchev–Trinajstić information content (AvgIpc) is 3.22. The number of hydrogen-bond acceptors (Lipinski definition) is 4. The number of carbonyl (C=O) groups is 1. The maximum absolute atomic E-state index is 13.0. The minimum atomic E-state index is -0.284. The molecule has 0 radical (unpaired) electrons. The summed E-state index contributed by atoms with van der Waals surface area (Å²) in [6.45, 7) is 0. The molecule has 5 rings (SSSR count). The third-order valence-electron chi connectivity index (χ3n) is 5.12. The summed E-state index contributed by atoms with van der Waals surface area (Å²) in [6, 6.07) is 21.8. The van der Waals surface area contributed by atoms with Crippen molar-refractivity contribution in [2.75, 3.05) is 12.4 Å². The van der Waals surface area contributed by atoms with Crippen LogP contribution in [0.25, 0.3) is 33.3 Å². The molecule has 5 aromatic rings. The van der Waals surface area contributed by atoms with Gasteiger partial charge in [-0.1, -0.05) is 47.5 Å². The first-order valence-corrected chi connectivity index (χ1v) is 10.5. The van der Waals surface area contributed by atoms with E-state index in [4.69, 9.17) is 32.4 Å². The fourth-order valence-corrected chi connectivity index (χ4v) is 3.92. The molecule has 4 aromatic carbocycles. The Bertz CT molecular complexity index is 1490. The summed E-state index contributed by atoms with van der Waals surface area (Å²) >= 11 is 12.4. The van der Waals surface area contributed by atoms with Crippen LogP contribution in [0.5, 0.6) is 5.75 Å². The molecule has 0 bridgehead atoms. The van der Waals surface area contributed by atoms with E-state index in [-0.39, 0.29) is 5.91 Å². The maximum atomic E-state index is 13.0. The lowest BCUT2D eigenvalue weighted by molar-refractivity contribution is 0.102. The van der Waals surface area contributed by atoms with Gasteiger partial charge in [-0.2, -0.15) is 0 Å². The number of nitrogens with one attached hydrogen (secondary N) is 1. The number of rotatable bonds is 4. The van der Waals surface area contributed by atoms with Gasteiger partial charge in [0.05, 0.1) is 23.3 Å². The molecule has 7 heteroatoms. The lowest BCUT2D eigenvalue weighted by atomic mass is 10.1. The first kappa shape index (κ1) is 20.4. The zero-order chi connectivity index (χ0) is 22.2. The number of carbonyl (C=O) groups excluding carboxylic acids is 1. The number of ether oxygens (including phenoxy) is 1. The predicted molar refractivity (Wildman–Crippen MR) is 128 cm³/mol. The number of halogens is 2. The van der Waals surface area contributed by atoms with Crippen LogP contribution in [0.2, 0.25) is 10.0 Å². The number of methoxy groups -OCH3 is 1. The third kappa shape index (κ3) is 3.77. The smallest absolute Gasteiger partial charge is 0.259 e. The van der Waals surface area contributed by atoms with Gasteiger partial charge in [-0.25, -0.2) is 4.98 Å². The average molecular weight is 463 g/mol. The highest BCUT2D eigenvalue weighted by molar-refractivity contribution is 6.35. The molecule has 0 aliphatic rings. The second-order valence-corrected chi connectivity index (χ2v) is 8.02. The number of anilines is 1. The highest BCUT2D eigenvalue weighted by Gasteiger charge is 2.16. The van der Waals surface area contributed by atoms with Crippen LogP contribution in [0.1, 0.15) is 10.4 Å². The zero-order valence-electron chi connectivity index (χ0n) is 16.9. The first-order valence-electron chi connectivity index (χ1n) is 9.76. The van der Waals surface area contributed by atoms with Crippen LogP contribution in [0.15, 0.2) is 77.2 Å². The van der Waals surface area contributed by atoms with Gasteiger partial charge in [-0.15, -0.1) is 0 Å². The van der Waals surface area contributed by atoms with E-state index in [1.54, 1.807) is 43.5 Å². The fourth-order valence-electron chi connectivity index (χ4n) is 3.55. The van der Waals surface area contributed by atoms with Gasteiger partial charge in [-0.05, 0) is 59.3 Å². The van der Waals surface area contributed by atoms with Gasteiger partial charge in [0.25, 0.3) is 5.91 Å². The van der Waals surface area contributed by atoms with Crippen molar-refractivity contribution >= 4 is 56.7 Å². The number of amides is 1. The third-order valence-corrected chi connectivity index (χ3v) is 5.68. The quantitative estimate of drug-likeness (QED) is 0.306. The van der Waals surface area contributed by atoms with E-state index >= 15 is 0 Å². The molecule has 158 valence electrons. The number of benzene rings is 4. The maximum Gasteiger partial charge on any atom is 0.259 e. The minimum absolute atomic E-state index is 0.284. The molecule has 0 aliphatic heterocycles. The number of hydrogen-bond donors (Lipinski definition) is 1. The van der Waals surface area contributed by atoms with Crippen molar-refractivity contribution in [2.45, 2.75) is 0 Å². The Kier molecular flexibility index (Phi) is 5.21. The van der Waals surface area contributed by atoms with Gasteiger partial charge in [0.2, 0.25) is 5.89 Å². The van der Waals surface area contributed by atoms with Gasteiger partial charge in [0, 0.05) is 10.7 Å². The van der Waals surface area contributed by atoms with E-state index < -0.39 is 0 Å². The molecule has 0 aliphatic carbocycles. The molecule has 1 aromatic heterocycles. The molecule has 0 unspecified atom stereocenters. The van der Waals surface area contributed by atoms with Crippen LogP contribution >= 0.6 is 23.2 Å². The van der Waals surface area contributed by atoms with Gasteiger partial charge in [0.1, 0.15) is 11.3 Å². The van der Waals surface area contributed by atoms with Gasteiger partial charge >= 0.3 is 0 Å². The SMILES string of the molecule is COc1cc2ccccc2cc1C(=O)Nc1ccc2oc(-c3cc(Cl)ccc3Cl)nc2c1. The summed E-state index contributed by atoms with van der Waals surface area (Å²) in [5.74, 6) is 0.572. The first-order chi connectivity index (χ1) is 15.5. The van der Waals surface area contributed by atoms with Crippen LogP contribution in [-0.2, 0) is 0 Å². The summed E-state index contributed by atoms with van der Waals surface area (Å²) < 4.78 is 11.3. The van der Waals surface area contributed by atoms with E-state index in [0.29, 0.717) is 49.6 Å². The summed E-state index contributed by atoms with van der Waals surface area (Å²) in [7, 11) is 1.55. The summed E-state index contributed by atoms with van der Waals surface area (Å²) in [4.78, 5) is 17.5. The van der Waals surface area contributed by atoms with Crippen LogP contribution < -0.4 is 10.1 Å². The molecule has 0 saturated heterocycles. The van der Waals surface area contributed by atoms with E-state index in [9.17, 15) is 4.79 Å². The Morgan fingerprint density at radius 1 is 0.969 bits per heavy atom. The Morgan fingerprint density at radius 3 is 2.53 bits per heavy atom. The van der Waals surface area contributed by atoms with Crippen molar-refractivity contribution in [3.63, 3.8) is 0 Å². The van der Waals surface area contributed by atoms with E-state index in [1.807, 2.05) is 36.4 Å². The van der Waals surface area contributed by atoms with E-state index in [1.165, 1.54) is 0 Å². The zero-order valence-corrected chi connectivity index (χ0v) is 18.4. The topological polar surface area (TPSA) is 64.4 Å². The van der Waals surface area contributed by atoms with Gasteiger partial charge < -0.3 is 14.5 Å². The number of aromatic nitrogens is 1. The second kappa shape index (κ2) is 8.19. The molecule has 0 spiro atoms. The Balaban J connectivity index is 1.47. The normalized spacial score (nSPS) is 11.1. The monoisotopic (exact) mass is 462 g/mol. The van der Waals surface area contributed by atoms with Crippen molar-refractivity contribution < 1.29 is 13.9 Å². The highest BCUT2D eigenvalue weighted by atomic mass is 35.5. The van der Waals surface area contributed by atoms with E-state index in [0.717, 1.165) is 10.8 Å². The van der Waals surface area contributed by atoms with E-state index in [2.05, 4.69) is 10.3 Å². The fraction of sp³-hybridized carbons (Fsp3) is 0.0400. The molecule has 1 heterocycles. The molecule has 5 nitrogen and oxygen atoms in total. The number of nitrogens with zero attached hydrogens (tertiary/aromatic N) is 1. The number of oxazole rings is 1. The Labute approximate surface area is 193 Å². The Morgan fingerprint density at radius 2 is 1.75 bits per heavy atom. The molecule has 1 N–H and O–H groups in total. The summed E-state index contributed by atoms with van der Waals surface area (Å²) in [6.07, 6.45) is 0. The van der Waals surface area contributed by atoms with Crippen molar-refractivity contribution in [1.82, 2.24) is 4.98 Å². The van der Waals surface area contributed by atoms with Crippen molar-refractivity contribution in [1.29, 1.82) is 0 Å². The molecule has 0 saturated carbocycles. The predicted octanol–water partition coefficient (Wildman–Crippen LogP) is 7.22. The Hall–Kier alpha value is -3.54. The largest absolute Gasteiger partial charge is 0.496 e. The van der Waals surface area contributed by atoms with Crippen molar-refractivity contribution in [3.05, 3.63) is 88.4 Å². The minimum Gasteiger partial charge on any atom is -0.496 e. The molecular formula is C25H16Cl2N2O3. The number of fused-ring (bicyclic) bond motifs is 2. The lowest BCUT2D eigenvalue weighted by Gasteiger charge is -2.11. The molecule has 0 fully saturated rings. The molecular weight excluding hydrogens is 447 g/mol. The van der Waals surface area contributed by atoms with Crippen molar-refractivity contribution in [2.24, 2.45) is 0 Å². The second-order valence-electron chi connectivity index (χ2n) is 7.18. The highest BCUT2D eigenvalue weighted by Crippen LogP contribution is 2.33. The molecule has 1 amide bonds. The summed E-state index contributed by atoms with van der Waals surface area (Å²) in [5.41, 5.74) is 2.77. The molecule has 32 heavy (non-hydrogen) atoms. The van der Waals surface area contributed by atoms with Crippen LogP contribution in [-0.4, -0.2) is 18.0 Å². The lowest BCUT2D eigenvalue weighted by Crippen LogP contribution is -2.13. The summed E-state index contributed by atoms with van der Waals surface area (Å²) in [5, 5.41) is 5.88. The standard InChI is InChI=1S/C25H16Cl2N2O3/c1-31-23-11-15-5-3-2-4-14(15)10-19(23)24(30)28-17-7-9-22-21(13-17)29-25(32-22)18-12-16(26)6-8-20(18)27/h2-13H,1H3,(H,28,30). The molecule has 0 atom stereocenters.